The van der Waals surface area contributed by atoms with E-state index in [4.69, 9.17) is 10.6 Å². The molecule has 0 radical (unpaired) electrons. The van der Waals surface area contributed by atoms with Crippen molar-refractivity contribution in [1.29, 1.82) is 0 Å². The van der Waals surface area contributed by atoms with Crippen LogP contribution in [0.1, 0.15) is 5.82 Å². The van der Waals surface area contributed by atoms with Gasteiger partial charge in [-0.25, -0.2) is 15.4 Å². The molecule has 1 aromatic rings. The van der Waals surface area contributed by atoms with Crippen LogP contribution in [0.2, 0.25) is 0 Å². The first kappa shape index (κ1) is 7.60. The third-order valence-corrected chi connectivity index (χ3v) is 1.48. The molecule has 0 fully saturated rings. The van der Waals surface area contributed by atoms with E-state index in [0.717, 1.165) is 0 Å². The van der Waals surface area contributed by atoms with E-state index in [0.29, 0.717) is 17.4 Å². The van der Waals surface area contributed by atoms with E-state index in [-0.39, 0.29) is 0 Å². The lowest BCUT2D eigenvalue weighted by atomic mass is 10.4. The number of rotatable bonds is 1. The maximum Gasteiger partial charge on any atom is 0.200 e. The van der Waals surface area contributed by atoms with Crippen LogP contribution in [0.4, 0.5) is 5.82 Å². The van der Waals surface area contributed by atoms with Gasteiger partial charge in [0.15, 0.2) is 11.6 Å². The molecule has 0 atom stereocenters. The highest BCUT2D eigenvalue weighted by atomic mass is 16.6. The first-order valence-electron chi connectivity index (χ1n) is 3.74. The molecule has 0 amide bonds. The normalized spacial score (nSPS) is 14.3. The standard InChI is InChI=1S/C8H8N4O/c9-7-3-5-10-8(12-7)6-2-1-4-11-13-6/h1-5,11H,(H2,9,10,12). The summed E-state index contributed by atoms with van der Waals surface area (Å²) >= 11 is 0. The number of hydrogen-bond acceptors (Lipinski definition) is 5. The second-order valence-corrected chi connectivity index (χ2v) is 2.42. The number of anilines is 1. The van der Waals surface area contributed by atoms with E-state index < -0.39 is 0 Å². The van der Waals surface area contributed by atoms with Gasteiger partial charge in [0, 0.05) is 12.4 Å². The smallest absolute Gasteiger partial charge is 0.200 e. The Morgan fingerprint density at radius 3 is 3.08 bits per heavy atom. The molecule has 0 spiro atoms. The molecular weight excluding hydrogens is 168 g/mol. The van der Waals surface area contributed by atoms with E-state index >= 15 is 0 Å². The minimum absolute atomic E-state index is 0.420. The minimum Gasteiger partial charge on any atom is -0.384 e. The number of hydrogen-bond donors (Lipinski definition) is 2. The van der Waals surface area contributed by atoms with Crippen molar-refractivity contribution in [2.24, 2.45) is 0 Å². The summed E-state index contributed by atoms with van der Waals surface area (Å²) in [7, 11) is 0. The number of aromatic nitrogens is 2. The molecule has 66 valence electrons. The quantitative estimate of drug-likeness (QED) is 0.649. The lowest BCUT2D eigenvalue weighted by Crippen LogP contribution is -2.10. The monoisotopic (exact) mass is 176 g/mol. The third-order valence-electron chi connectivity index (χ3n) is 1.48. The minimum atomic E-state index is 0.420. The van der Waals surface area contributed by atoms with Crippen molar-refractivity contribution in [2.45, 2.75) is 0 Å². The number of nitrogens with two attached hydrogens (primary N) is 1. The Balaban J connectivity index is 2.34. The molecule has 1 aliphatic heterocycles. The van der Waals surface area contributed by atoms with Crippen molar-refractivity contribution in [3.8, 4) is 0 Å². The van der Waals surface area contributed by atoms with Gasteiger partial charge in [0.25, 0.3) is 0 Å². The van der Waals surface area contributed by atoms with Crippen LogP contribution in [0.3, 0.4) is 0 Å². The zero-order valence-electron chi connectivity index (χ0n) is 6.77. The molecule has 0 saturated heterocycles. The van der Waals surface area contributed by atoms with Crippen LogP contribution >= 0.6 is 0 Å². The summed E-state index contributed by atoms with van der Waals surface area (Å²) in [6.45, 7) is 0. The molecule has 0 bridgehead atoms. The molecule has 0 saturated carbocycles. The maximum atomic E-state index is 5.49. The van der Waals surface area contributed by atoms with Crippen molar-refractivity contribution in [3.05, 3.63) is 36.4 Å². The van der Waals surface area contributed by atoms with Crippen LogP contribution in [0.25, 0.3) is 5.76 Å². The highest BCUT2D eigenvalue weighted by Gasteiger charge is 2.07. The number of allylic oxidation sites excluding steroid dienone is 2. The fourth-order valence-corrected chi connectivity index (χ4v) is 0.918. The highest BCUT2D eigenvalue weighted by Crippen LogP contribution is 2.12. The van der Waals surface area contributed by atoms with Gasteiger partial charge >= 0.3 is 0 Å². The van der Waals surface area contributed by atoms with Crippen molar-refractivity contribution >= 4 is 11.6 Å². The first-order chi connectivity index (χ1) is 6.36. The van der Waals surface area contributed by atoms with Crippen LogP contribution in [0, 0.1) is 0 Å². The molecule has 2 heterocycles. The number of nitrogen functional groups attached to an aromatic ring is 1. The summed E-state index contributed by atoms with van der Waals surface area (Å²) in [5.41, 5.74) is 8.08. The van der Waals surface area contributed by atoms with Crippen LogP contribution < -0.4 is 11.2 Å². The summed E-state index contributed by atoms with van der Waals surface area (Å²) < 4.78 is 0. The molecule has 1 aliphatic rings. The Morgan fingerprint density at radius 1 is 1.46 bits per heavy atom. The summed E-state index contributed by atoms with van der Waals surface area (Å²) in [6, 6.07) is 1.62. The topological polar surface area (TPSA) is 73.1 Å². The summed E-state index contributed by atoms with van der Waals surface area (Å²) in [4.78, 5) is 13.1. The van der Waals surface area contributed by atoms with Crippen molar-refractivity contribution in [2.75, 3.05) is 5.73 Å². The fraction of sp³-hybridized carbons (Fsp3) is 0. The van der Waals surface area contributed by atoms with Crippen molar-refractivity contribution in [1.82, 2.24) is 15.4 Å². The second-order valence-electron chi connectivity index (χ2n) is 2.42. The lowest BCUT2D eigenvalue weighted by Gasteiger charge is -2.09. The Kier molecular flexibility index (Phi) is 1.84. The summed E-state index contributed by atoms with van der Waals surface area (Å²) in [5.74, 6) is 1.44. The molecule has 0 aliphatic carbocycles. The molecule has 0 aromatic carbocycles. The Labute approximate surface area is 74.9 Å². The molecular formula is C8H8N4O. The predicted octanol–water partition coefficient (Wildman–Crippen LogP) is 0.448. The SMILES string of the molecule is Nc1ccnc(C2=CC=CNO2)n1. The van der Waals surface area contributed by atoms with Gasteiger partial charge in [0.2, 0.25) is 0 Å². The maximum absolute atomic E-state index is 5.49. The predicted molar refractivity (Wildman–Crippen MR) is 47.8 cm³/mol. The van der Waals surface area contributed by atoms with Crippen LogP contribution in [-0.2, 0) is 4.84 Å². The van der Waals surface area contributed by atoms with E-state index in [1.165, 1.54) is 0 Å². The van der Waals surface area contributed by atoms with Crippen LogP contribution in [0.5, 0.6) is 0 Å². The first-order valence-corrected chi connectivity index (χ1v) is 3.74. The second kappa shape index (κ2) is 3.14. The van der Waals surface area contributed by atoms with Crippen LogP contribution in [0.15, 0.2) is 30.6 Å². The number of hydroxylamine groups is 1. The Morgan fingerprint density at radius 2 is 2.38 bits per heavy atom. The summed E-state index contributed by atoms with van der Waals surface area (Å²) in [6.07, 6.45) is 6.80. The van der Waals surface area contributed by atoms with Crippen molar-refractivity contribution in [3.63, 3.8) is 0 Å². The van der Waals surface area contributed by atoms with Gasteiger partial charge < -0.3 is 10.6 Å². The average molecular weight is 176 g/mol. The van der Waals surface area contributed by atoms with Gasteiger partial charge in [-0.05, 0) is 18.2 Å². The molecule has 1 aromatic heterocycles. The molecule has 13 heavy (non-hydrogen) atoms. The largest absolute Gasteiger partial charge is 0.384 e. The zero-order chi connectivity index (χ0) is 9.10. The number of nitrogens with one attached hydrogen (secondary N) is 1. The third kappa shape index (κ3) is 1.58. The van der Waals surface area contributed by atoms with E-state index in [2.05, 4.69) is 15.4 Å². The van der Waals surface area contributed by atoms with Gasteiger partial charge in [-0.15, -0.1) is 0 Å². The van der Waals surface area contributed by atoms with E-state index in [1.807, 2.05) is 0 Å². The fourth-order valence-electron chi connectivity index (χ4n) is 0.918. The average Bonchev–Trinajstić information content (AvgIpc) is 2.19. The molecule has 0 unspecified atom stereocenters. The lowest BCUT2D eigenvalue weighted by molar-refractivity contribution is 0.196. The van der Waals surface area contributed by atoms with Gasteiger partial charge in [-0.2, -0.15) is 0 Å². The molecule has 2 rings (SSSR count). The van der Waals surface area contributed by atoms with Crippen LogP contribution in [-0.4, -0.2) is 9.97 Å². The zero-order valence-corrected chi connectivity index (χ0v) is 6.77. The van der Waals surface area contributed by atoms with Gasteiger partial charge in [-0.3, -0.25) is 0 Å². The van der Waals surface area contributed by atoms with Gasteiger partial charge in [0.1, 0.15) is 5.82 Å². The van der Waals surface area contributed by atoms with Gasteiger partial charge in [0.05, 0.1) is 0 Å². The van der Waals surface area contributed by atoms with Gasteiger partial charge in [-0.1, -0.05) is 0 Å². The summed E-state index contributed by atoms with van der Waals surface area (Å²) in [5, 5.41) is 0. The molecule has 5 heteroatoms. The van der Waals surface area contributed by atoms with Crippen molar-refractivity contribution < 1.29 is 4.84 Å². The number of nitrogens with zero attached hydrogens (tertiary/aromatic N) is 2. The molecule has 5 nitrogen and oxygen atoms in total. The van der Waals surface area contributed by atoms with E-state index in [1.54, 1.807) is 30.6 Å². The van der Waals surface area contributed by atoms with E-state index in [9.17, 15) is 0 Å². The Hall–Kier alpha value is -2.04. The Bertz CT molecular complexity index is 372. The highest BCUT2D eigenvalue weighted by molar-refractivity contribution is 5.56. The molecule has 3 N–H and O–H groups in total.